The van der Waals surface area contributed by atoms with Crippen molar-refractivity contribution in [3.63, 3.8) is 0 Å². The average molecular weight is 406 g/mol. The maximum atomic E-state index is 12.6. The molecule has 1 heterocycles. The molecule has 0 unspecified atom stereocenters. The molecule has 7 heteroatoms. The van der Waals surface area contributed by atoms with Crippen LogP contribution in [-0.2, 0) is 0 Å². The van der Waals surface area contributed by atoms with Gasteiger partial charge in [0.25, 0.3) is 5.91 Å². The number of hydrogen-bond donors (Lipinski definition) is 2. The average Bonchev–Trinajstić information content (AvgIpc) is 2.79. The molecule has 1 amide bonds. The van der Waals surface area contributed by atoms with Gasteiger partial charge in [0.15, 0.2) is 0 Å². The fourth-order valence-electron chi connectivity index (χ4n) is 3.27. The number of benzene rings is 3. The zero-order chi connectivity index (χ0) is 21.1. The molecule has 0 radical (unpaired) electrons. The van der Waals surface area contributed by atoms with Gasteiger partial charge in [0, 0.05) is 22.7 Å². The Balaban J connectivity index is 0.00000272. The van der Waals surface area contributed by atoms with Crippen molar-refractivity contribution in [2.24, 2.45) is 0 Å². The topological polar surface area (TPSA) is 88.5 Å². The zero-order valence-corrected chi connectivity index (χ0v) is 16.1. The summed E-state index contributed by atoms with van der Waals surface area (Å²) in [5, 5.41) is 13.4. The van der Waals surface area contributed by atoms with Crippen molar-refractivity contribution in [2.75, 3.05) is 12.4 Å². The molecular formula is C24H19LiN2O4. The second-order valence-corrected chi connectivity index (χ2v) is 6.63. The molecule has 0 spiro atoms. The predicted molar refractivity (Wildman–Crippen MR) is 122 cm³/mol. The quantitative estimate of drug-likeness (QED) is 0.485. The number of aromatic carboxylic acids is 1. The number of hydrogen-bond acceptors (Lipinski definition) is 4. The van der Waals surface area contributed by atoms with Crippen LogP contribution in [0.15, 0.2) is 79.0 Å². The van der Waals surface area contributed by atoms with Crippen LogP contribution in [0.25, 0.3) is 22.0 Å². The van der Waals surface area contributed by atoms with Crippen LogP contribution in [0.2, 0.25) is 0 Å². The minimum atomic E-state index is -1.13. The minimum absolute atomic E-state index is 0. The first-order valence-electron chi connectivity index (χ1n) is 9.23. The van der Waals surface area contributed by atoms with Crippen LogP contribution in [0.5, 0.6) is 5.75 Å². The number of aromatic nitrogens is 1. The number of nitrogens with zero attached hydrogens (tertiary/aromatic N) is 1. The third-order valence-electron chi connectivity index (χ3n) is 4.79. The van der Waals surface area contributed by atoms with E-state index in [2.05, 4.69) is 10.3 Å². The Hall–Kier alpha value is -3.59. The Kier molecular flexibility index (Phi) is 6.76. The molecule has 0 saturated carbocycles. The van der Waals surface area contributed by atoms with Gasteiger partial charge in [-0.2, -0.15) is 0 Å². The summed E-state index contributed by atoms with van der Waals surface area (Å²) in [5.41, 5.74) is 2.94. The van der Waals surface area contributed by atoms with E-state index in [1.165, 1.54) is 0 Å². The number of nitrogens with one attached hydrogen (secondary N) is 1. The van der Waals surface area contributed by atoms with Crippen LogP contribution >= 0.6 is 0 Å². The molecule has 3 aromatic carbocycles. The Morgan fingerprint density at radius 3 is 2.42 bits per heavy atom. The van der Waals surface area contributed by atoms with Gasteiger partial charge in [-0.25, -0.2) is 4.79 Å². The molecule has 0 bridgehead atoms. The number of ether oxygens (including phenoxy) is 1. The van der Waals surface area contributed by atoms with Gasteiger partial charge in [0.1, 0.15) is 5.75 Å². The van der Waals surface area contributed by atoms with Crippen molar-refractivity contribution in [1.29, 1.82) is 0 Å². The van der Waals surface area contributed by atoms with E-state index in [-0.39, 0.29) is 30.1 Å². The third-order valence-corrected chi connectivity index (χ3v) is 4.79. The Bertz CT molecular complexity index is 1250. The number of amides is 1. The summed E-state index contributed by atoms with van der Waals surface area (Å²) in [5.74, 6) is -0.902. The Labute approximate surface area is 191 Å². The van der Waals surface area contributed by atoms with E-state index in [0.717, 1.165) is 16.5 Å². The van der Waals surface area contributed by atoms with E-state index >= 15 is 0 Å². The number of carboxylic acids is 1. The van der Waals surface area contributed by atoms with Crippen LogP contribution in [0.3, 0.4) is 0 Å². The van der Waals surface area contributed by atoms with Gasteiger partial charge in [-0.05, 0) is 48.0 Å². The van der Waals surface area contributed by atoms with Crippen LogP contribution < -0.4 is 10.1 Å². The van der Waals surface area contributed by atoms with Crippen molar-refractivity contribution in [3.05, 3.63) is 90.1 Å². The van der Waals surface area contributed by atoms with Crippen molar-refractivity contribution in [1.82, 2.24) is 4.98 Å². The number of anilines is 1. The summed E-state index contributed by atoms with van der Waals surface area (Å²) < 4.78 is 5.09. The van der Waals surface area contributed by atoms with Gasteiger partial charge < -0.3 is 15.2 Å². The summed E-state index contributed by atoms with van der Waals surface area (Å²) in [6.07, 6.45) is 1.70. The normalized spacial score (nSPS) is 10.2. The number of rotatable bonds is 5. The molecule has 1 aromatic heterocycles. The molecule has 150 valence electrons. The molecule has 0 saturated heterocycles. The first-order chi connectivity index (χ1) is 14.6. The SMILES string of the molecule is COc1ccc(C(=O)Nc2ccc(-c3cccc4cccnc34)cc2C(=O)O)cc1.[LiH]. The van der Waals surface area contributed by atoms with Crippen molar-refractivity contribution in [3.8, 4) is 16.9 Å². The Morgan fingerprint density at radius 1 is 0.968 bits per heavy atom. The molecule has 4 rings (SSSR count). The molecule has 0 atom stereocenters. The van der Waals surface area contributed by atoms with Crippen molar-refractivity contribution in [2.45, 2.75) is 0 Å². The molecule has 6 nitrogen and oxygen atoms in total. The van der Waals surface area contributed by atoms with E-state index < -0.39 is 11.9 Å². The van der Waals surface area contributed by atoms with E-state index in [1.807, 2.05) is 30.3 Å². The standard InChI is InChI=1S/C24H18N2O4.Li.H/c1-30-18-10-7-16(8-11-18)23(27)26-21-12-9-17(14-20(21)24(28)29)19-6-2-4-15-5-3-13-25-22(15)19;;/h2-14H,1H3,(H,26,27)(H,28,29);;. The van der Waals surface area contributed by atoms with E-state index in [9.17, 15) is 14.7 Å². The van der Waals surface area contributed by atoms with Crippen LogP contribution in [0.4, 0.5) is 5.69 Å². The number of pyridine rings is 1. The first-order valence-corrected chi connectivity index (χ1v) is 9.23. The first kappa shape index (κ1) is 22.1. The molecule has 2 N–H and O–H groups in total. The fraction of sp³-hybridized carbons (Fsp3) is 0.0417. The summed E-state index contributed by atoms with van der Waals surface area (Å²) in [6, 6.07) is 21.1. The second kappa shape index (κ2) is 9.48. The molecule has 31 heavy (non-hydrogen) atoms. The van der Waals surface area contributed by atoms with E-state index in [0.29, 0.717) is 16.9 Å². The molecule has 4 aromatic rings. The van der Waals surface area contributed by atoms with Gasteiger partial charge in [-0.3, -0.25) is 9.78 Å². The van der Waals surface area contributed by atoms with Gasteiger partial charge in [-0.1, -0.05) is 30.3 Å². The number of carbonyl (C=O) groups is 2. The van der Waals surface area contributed by atoms with Gasteiger partial charge in [0.05, 0.1) is 23.9 Å². The van der Waals surface area contributed by atoms with Crippen molar-refractivity contribution < 1.29 is 19.4 Å². The van der Waals surface area contributed by atoms with E-state index in [1.54, 1.807) is 55.8 Å². The molecule has 0 aliphatic rings. The van der Waals surface area contributed by atoms with Crippen LogP contribution in [0.1, 0.15) is 20.7 Å². The third kappa shape index (κ3) is 4.61. The summed E-state index contributed by atoms with van der Waals surface area (Å²) in [7, 11) is 1.54. The van der Waals surface area contributed by atoms with Crippen molar-refractivity contribution >= 4 is 47.3 Å². The number of para-hydroxylation sites is 1. The second-order valence-electron chi connectivity index (χ2n) is 6.63. The number of fused-ring (bicyclic) bond motifs is 1. The molecule has 0 aliphatic heterocycles. The van der Waals surface area contributed by atoms with E-state index in [4.69, 9.17) is 4.74 Å². The van der Waals surface area contributed by atoms with Gasteiger partial charge >= 0.3 is 24.8 Å². The molecular weight excluding hydrogens is 387 g/mol. The maximum absolute atomic E-state index is 12.6. The summed E-state index contributed by atoms with van der Waals surface area (Å²) >= 11 is 0. The number of carboxylic acid groups (broad SMARTS) is 1. The molecule has 0 fully saturated rings. The number of carbonyl (C=O) groups excluding carboxylic acids is 1. The van der Waals surface area contributed by atoms with Crippen LogP contribution in [0, 0.1) is 0 Å². The Morgan fingerprint density at radius 2 is 1.71 bits per heavy atom. The summed E-state index contributed by atoms with van der Waals surface area (Å²) in [4.78, 5) is 28.9. The summed E-state index contributed by atoms with van der Waals surface area (Å²) in [6.45, 7) is 0. The van der Waals surface area contributed by atoms with Crippen LogP contribution in [-0.4, -0.2) is 47.9 Å². The molecule has 0 aliphatic carbocycles. The number of methoxy groups -OCH3 is 1. The van der Waals surface area contributed by atoms with Gasteiger partial charge in [0.2, 0.25) is 0 Å². The monoisotopic (exact) mass is 406 g/mol. The predicted octanol–water partition coefficient (Wildman–Crippen LogP) is 4.21. The van der Waals surface area contributed by atoms with Gasteiger partial charge in [-0.15, -0.1) is 0 Å². The fourth-order valence-corrected chi connectivity index (χ4v) is 3.27. The zero-order valence-electron chi connectivity index (χ0n) is 16.1.